The number of para-hydroxylation sites is 4. The Kier molecular flexibility index (Phi) is 7.81. The predicted octanol–water partition coefficient (Wildman–Crippen LogP) is 16.8. The van der Waals surface area contributed by atoms with Crippen molar-refractivity contribution in [1.82, 2.24) is 27.0 Å². The van der Waals surface area contributed by atoms with E-state index in [1.165, 1.54) is 120 Å². The number of rotatable bonds is 4. The fourth-order valence-corrected chi connectivity index (χ4v) is 13.1. The molecule has 0 unspecified atom stereocenters. The third kappa shape index (κ3) is 5.20. The third-order valence-electron chi connectivity index (χ3n) is 15.7. The van der Waals surface area contributed by atoms with Crippen molar-refractivity contribution in [3.05, 3.63) is 206 Å². The van der Waals surface area contributed by atoms with Crippen LogP contribution in [-0.4, -0.2) is 27.0 Å². The van der Waals surface area contributed by atoms with Gasteiger partial charge in [0.2, 0.25) is 0 Å². The summed E-state index contributed by atoms with van der Waals surface area (Å²) in [6.07, 6.45) is 0. The number of fused-ring (bicyclic) bond motifs is 15. The van der Waals surface area contributed by atoms with Crippen molar-refractivity contribution in [2.75, 3.05) is 0 Å². The van der Waals surface area contributed by atoms with Gasteiger partial charge in [0.25, 0.3) is 0 Å². The summed E-state index contributed by atoms with van der Waals surface area (Å²) in [6.45, 7) is 0. The van der Waals surface area contributed by atoms with Crippen LogP contribution in [0.25, 0.3) is 153 Å². The normalized spacial score (nSPS) is 12.4. The molecule has 11 aromatic carbocycles. The standard InChI is InChI=1S/C64H40N6S/c1-67-53-23-11-7-19-43(53)49-35-61-51(33-59(49)67)45-21-9-13-25-55(45)69(61)57-31-29-39(37-15-3-5-17-41(37)57)47-27-28-48(64-63(47)65-71-66-64)40-30-32-58(42-18-6-4-16-38(40)42)70-56-26-14-10-22-46(56)52-34-60-50(36-62(52)70)44-20-8-12-24-54(44)68(60)2/h3-36H,1-2H3. The van der Waals surface area contributed by atoms with E-state index in [2.05, 4.69) is 239 Å². The molecule has 0 spiro atoms. The van der Waals surface area contributed by atoms with Gasteiger partial charge in [-0.25, -0.2) is 0 Å². The van der Waals surface area contributed by atoms with Crippen LogP contribution in [0.4, 0.5) is 0 Å². The maximum atomic E-state index is 5.07. The topological polar surface area (TPSA) is 45.5 Å². The van der Waals surface area contributed by atoms with Crippen LogP contribution in [-0.2, 0) is 14.1 Å². The van der Waals surface area contributed by atoms with Crippen molar-refractivity contribution in [2.24, 2.45) is 14.1 Å². The van der Waals surface area contributed by atoms with E-state index in [1.54, 1.807) is 0 Å². The van der Waals surface area contributed by atoms with E-state index >= 15 is 0 Å². The number of hydrogen-bond donors (Lipinski definition) is 0. The van der Waals surface area contributed by atoms with E-state index in [4.69, 9.17) is 8.75 Å². The highest BCUT2D eigenvalue weighted by Crippen LogP contribution is 2.45. The molecule has 6 nitrogen and oxygen atoms in total. The molecule has 0 aliphatic carbocycles. The van der Waals surface area contributed by atoms with E-state index in [-0.39, 0.29) is 0 Å². The largest absolute Gasteiger partial charge is 0.344 e. The van der Waals surface area contributed by atoms with Gasteiger partial charge in [-0.05, 0) is 82.6 Å². The first kappa shape index (κ1) is 38.9. The zero-order chi connectivity index (χ0) is 46.6. The lowest BCUT2D eigenvalue weighted by Crippen LogP contribution is -1.97. The van der Waals surface area contributed by atoms with Crippen molar-refractivity contribution in [3.8, 4) is 33.6 Å². The van der Waals surface area contributed by atoms with Crippen LogP contribution in [0.1, 0.15) is 0 Å². The molecule has 16 rings (SSSR count). The summed E-state index contributed by atoms with van der Waals surface area (Å²) in [6, 6.07) is 76.1. The minimum atomic E-state index is 0.912. The van der Waals surface area contributed by atoms with Crippen LogP contribution in [0.2, 0.25) is 0 Å². The zero-order valence-corrected chi connectivity index (χ0v) is 39.5. The molecule has 0 saturated heterocycles. The molecule has 0 N–H and O–H groups in total. The quantitative estimate of drug-likeness (QED) is 0.177. The first-order valence-corrected chi connectivity index (χ1v) is 24.9. The molecule has 0 bridgehead atoms. The number of aryl methyl sites for hydroxylation is 2. The van der Waals surface area contributed by atoms with E-state index in [0.717, 1.165) is 44.7 Å². The summed E-state index contributed by atoms with van der Waals surface area (Å²) in [7, 11) is 4.36. The molecule has 332 valence electrons. The van der Waals surface area contributed by atoms with E-state index < -0.39 is 0 Å². The summed E-state index contributed by atoms with van der Waals surface area (Å²) in [5.41, 5.74) is 18.3. The maximum absolute atomic E-state index is 5.07. The summed E-state index contributed by atoms with van der Waals surface area (Å²) >= 11 is 1.28. The molecule has 5 aromatic heterocycles. The van der Waals surface area contributed by atoms with Crippen LogP contribution in [0, 0.1) is 0 Å². The van der Waals surface area contributed by atoms with Gasteiger partial charge in [-0.1, -0.05) is 146 Å². The second-order valence-corrected chi connectivity index (χ2v) is 19.6. The van der Waals surface area contributed by atoms with Gasteiger partial charge in [0.15, 0.2) is 0 Å². The van der Waals surface area contributed by atoms with Crippen molar-refractivity contribution >= 4 is 132 Å². The Morgan fingerprint density at radius 3 is 1.00 bits per heavy atom. The molecule has 0 fully saturated rings. The lowest BCUT2D eigenvalue weighted by atomic mass is 9.92. The van der Waals surface area contributed by atoms with Crippen LogP contribution in [0.15, 0.2) is 206 Å². The average Bonchev–Trinajstić information content (AvgIpc) is 4.24. The Bertz CT molecular complexity index is 4670. The molecule has 0 amide bonds. The summed E-state index contributed by atoms with van der Waals surface area (Å²) in [5.74, 6) is 0. The number of aromatic nitrogens is 6. The molecule has 0 radical (unpaired) electrons. The molecule has 0 atom stereocenters. The molecule has 16 aromatic rings. The predicted molar refractivity (Wildman–Crippen MR) is 300 cm³/mol. The Labute approximate surface area is 410 Å². The minimum Gasteiger partial charge on any atom is -0.344 e. The molecule has 71 heavy (non-hydrogen) atoms. The SMILES string of the molecule is Cn1c2ccccc2c2cc3c(cc21)c1ccccc1n3-c1ccc(-c2ccc(-c3ccc(-n4c5ccccc5c5cc6c(cc54)c4ccccc4n6C)c4ccccc34)c3nsnc23)c2ccccc12. The van der Waals surface area contributed by atoms with Crippen LogP contribution >= 0.6 is 11.7 Å². The molecule has 0 aliphatic heterocycles. The number of nitrogens with zero attached hydrogens (tertiary/aromatic N) is 6. The van der Waals surface area contributed by atoms with Crippen molar-refractivity contribution < 1.29 is 0 Å². The van der Waals surface area contributed by atoms with Gasteiger partial charge in [0, 0.05) is 101 Å². The Morgan fingerprint density at radius 2 is 0.577 bits per heavy atom. The van der Waals surface area contributed by atoms with Crippen LogP contribution < -0.4 is 0 Å². The second kappa shape index (κ2) is 14.3. The summed E-state index contributed by atoms with van der Waals surface area (Å²) < 4.78 is 19.7. The van der Waals surface area contributed by atoms with Crippen LogP contribution in [0.5, 0.6) is 0 Å². The highest BCUT2D eigenvalue weighted by molar-refractivity contribution is 7.00. The molecule has 7 heteroatoms. The number of hydrogen-bond acceptors (Lipinski definition) is 3. The Morgan fingerprint density at radius 1 is 0.268 bits per heavy atom. The second-order valence-electron chi connectivity index (χ2n) is 19.1. The third-order valence-corrected chi connectivity index (χ3v) is 16.2. The highest BCUT2D eigenvalue weighted by Gasteiger charge is 2.23. The van der Waals surface area contributed by atoms with Gasteiger partial charge >= 0.3 is 0 Å². The monoisotopic (exact) mass is 924 g/mol. The molecule has 0 saturated carbocycles. The van der Waals surface area contributed by atoms with Crippen molar-refractivity contribution in [1.29, 1.82) is 0 Å². The van der Waals surface area contributed by atoms with Crippen LogP contribution in [0.3, 0.4) is 0 Å². The smallest absolute Gasteiger partial charge is 0.113 e. The van der Waals surface area contributed by atoms with Gasteiger partial charge in [0.05, 0.1) is 45.2 Å². The van der Waals surface area contributed by atoms with E-state index in [9.17, 15) is 0 Å². The zero-order valence-electron chi connectivity index (χ0n) is 38.7. The molecular weight excluding hydrogens is 885 g/mol. The van der Waals surface area contributed by atoms with Gasteiger partial charge in [0.1, 0.15) is 11.0 Å². The summed E-state index contributed by atoms with van der Waals surface area (Å²) in [5, 5.41) is 14.7. The minimum absolute atomic E-state index is 0.912. The molecule has 5 heterocycles. The first-order chi connectivity index (χ1) is 35.1. The highest BCUT2D eigenvalue weighted by atomic mass is 32.1. The Balaban J connectivity index is 0.870. The lowest BCUT2D eigenvalue weighted by molar-refractivity contribution is 1.02. The van der Waals surface area contributed by atoms with Gasteiger partial charge in [-0.2, -0.15) is 8.75 Å². The molecule has 0 aliphatic rings. The number of benzene rings is 11. The van der Waals surface area contributed by atoms with Gasteiger partial charge in [-0.15, -0.1) is 0 Å². The fourth-order valence-electron chi connectivity index (χ4n) is 12.5. The molecular formula is C64H40N6S. The first-order valence-electron chi connectivity index (χ1n) is 24.2. The van der Waals surface area contributed by atoms with Crippen molar-refractivity contribution in [2.45, 2.75) is 0 Å². The van der Waals surface area contributed by atoms with Crippen molar-refractivity contribution in [3.63, 3.8) is 0 Å². The lowest BCUT2D eigenvalue weighted by Gasteiger charge is -2.17. The van der Waals surface area contributed by atoms with E-state index in [1.807, 2.05) is 0 Å². The van der Waals surface area contributed by atoms with Gasteiger partial charge in [-0.3, -0.25) is 0 Å². The summed E-state index contributed by atoms with van der Waals surface area (Å²) in [4.78, 5) is 0. The maximum Gasteiger partial charge on any atom is 0.113 e. The average molecular weight is 925 g/mol. The van der Waals surface area contributed by atoms with E-state index in [0.29, 0.717) is 0 Å². The fraction of sp³-hybridized carbons (Fsp3) is 0.0312. The Hall–Kier alpha value is -9.04. The van der Waals surface area contributed by atoms with Gasteiger partial charge < -0.3 is 18.3 Å².